The van der Waals surface area contributed by atoms with E-state index in [1.54, 1.807) is 62.4 Å². The van der Waals surface area contributed by atoms with Gasteiger partial charge < -0.3 is 23.4 Å². The highest BCUT2D eigenvalue weighted by molar-refractivity contribution is 7.07. The minimum absolute atomic E-state index is 0.151. The van der Waals surface area contributed by atoms with E-state index < -0.39 is 12.0 Å². The van der Waals surface area contributed by atoms with Crippen LogP contribution in [-0.4, -0.2) is 38.5 Å². The number of methoxy groups -OCH3 is 3. The molecule has 2 aromatic carbocycles. The number of thiazole rings is 1. The van der Waals surface area contributed by atoms with E-state index in [0.29, 0.717) is 60.5 Å². The van der Waals surface area contributed by atoms with E-state index in [1.165, 1.54) is 37.2 Å². The fourth-order valence-corrected chi connectivity index (χ4v) is 5.89. The van der Waals surface area contributed by atoms with Gasteiger partial charge in [-0.2, -0.15) is 5.26 Å². The molecule has 1 atom stereocenters. The standard InChI is InChI=1S/C31H27N3O7S/c1-6-40-30(36)26-17(2)33-31-34(27(26)19-13-23(37-3)28(39-5)24(14-19)38-4)29(35)25(42-31)15-20-11-12-22(41-20)21-10-8-7-9-18(21)16-32/h7-15,27H,6H2,1-5H3/b25-15-/t27-/m1/s1. The van der Waals surface area contributed by atoms with E-state index >= 15 is 0 Å². The number of carbonyl (C=O) groups excluding carboxylic acids is 1. The van der Waals surface area contributed by atoms with Crippen molar-refractivity contribution < 1.29 is 28.2 Å². The number of furan rings is 1. The number of nitrogens with zero attached hydrogens (tertiary/aromatic N) is 3. The molecule has 3 heterocycles. The van der Waals surface area contributed by atoms with Gasteiger partial charge in [-0.15, -0.1) is 0 Å². The average Bonchev–Trinajstić information content (AvgIpc) is 3.59. The Balaban J connectivity index is 1.70. The molecule has 42 heavy (non-hydrogen) atoms. The molecule has 0 spiro atoms. The molecule has 0 saturated carbocycles. The van der Waals surface area contributed by atoms with Crippen molar-refractivity contribution in [3.8, 4) is 34.6 Å². The zero-order chi connectivity index (χ0) is 30.0. The van der Waals surface area contributed by atoms with Crippen LogP contribution in [-0.2, 0) is 9.53 Å². The van der Waals surface area contributed by atoms with Gasteiger partial charge in [0.25, 0.3) is 5.56 Å². The van der Waals surface area contributed by atoms with Gasteiger partial charge in [0.2, 0.25) is 5.75 Å². The lowest BCUT2D eigenvalue weighted by atomic mass is 9.95. The van der Waals surface area contributed by atoms with Crippen molar-refractivity contribution in [1.29, 1.82) is 5.26 Å². The van der Waals surface area contributed by atoms with Crippen molar-refractivity contribution in [2.45, 2.75) is 19.9 Å². The molecule has 0 radical (unpaired) electrons. The Kier molecular flexibility index (Phi) is 7.99. The van der Waals surface area contributed by atoms with Gasteiger partial charge in [0.1, 0.15) is 11.5 Å². The first-order valence-corrected chi connectivity index (χ1v) is 13.8. The quantitative estimate of drug-likeness (QED) is 0.285. The molecule has 4 aromatic rings. The van der Waals surface area contributed by atoms with Crippen molar-refractivity contribution in [2.75, 3.05) is 27.9 Å². The summed E-state index contributed by atoms with van der Waals surface area (Å²) in [7, 11) is 4.48. The Hall–Kier alpha value is -5.08. The summed E-state index contributed by atoms with van der Waals surface area (Å²) in [5.74, 6) is 1.45. The molecule has 0 saturated heterocycles. The molecule has 1 aliphatic heterocycles. The lowest BCUT2D eigenvalue weighted by Crippen LogP contribution is -2.40. The molecule has 214 valence electrons. The number of esters is 1. The second-order valence-electron chi connectivity index (χ2n) is 9.12. The molecule has 0 amide bonds. The first kappa shape index (κ1) is 28.4. The van der Waals surface area contributed by atoms with Crippen LogP contribution < -0.4 is 29.1 Å². The predicted molar refractivity (Wildman–Crippen MR) is 155 cm³/mol. The van der Waals surface area contributed by atoms with E-state index in [1.807, 2.05) is 6.07 Å². The number of hydrogen-bond acceptors (Lipinski definition) is 10. The fraction of sp³-hybridized carbons (Fsp3) is 0.226. The van der Waals surface area contributed by atoms with Gasteiger partial charge in [0.15, 0.2) is 16.3 Å². The van der Waals surface area contributed by atoms with Crippen molar-refractivity contribution in [3.63, 3.8) is 0 Å². The van der Waals surface area contributed by atoms with Gasteiger partial charge in [-0.25, -0.2) is 9.79 Å². The van der Waals surface area contributed by atoms with Gasteiger partial charge in [0, 0.05) is 11.6 Å². The summed E-state index contributed by atoms with van der Waals surface area (Å²) in [5, 5.41) is 9.47. The highest BCUT2D eigenvalue weighted by Crippen LogP contribution is 2.42. The summed E-state index contributed by atoms with van der Waals surface area (Å²) in [4.78, 5) is 32.2. The molecule has 0 fully saturated rings. The maximum atomic E-state index is 14.0. The third-order valence-corrected chi connectivity index (χ3v) is 7.72. The van der Waals surface area contributed by atoms with Crippen LogP contribution in [0.5, 0.6) is 17.2 Å². The average molecular weight is 586 g/mol. The van der Waals surface area contributed by atoms with Crippen LogP contribution in [0.3, 0.4) is 0 Å². The zero-order valence-electron chi connectivity index (χ0n) is 23.6. The summed E-state index contributed by atoms with van der Waals surface area (Å²) in [5.41, 5.74) is 1.94. The second kappa shape index (κ2) is 11.8. The summed E-state index contributed by atoms with van der Waals surface area (Å²) < 4.78 is 29.8. The number of aromatic nitrogens is 1. The monoisotopic (exact) mass is 585 g/mol. The minimum Gasteiger partial charge on any atom is -0.493 e. The fourth-order valence-electron chi connectivity index (χ4n) is 4.87. The van der Waals surface area contributed by atoms with Crippen molar-refractivity contribution in [1.82, 2.24) is 4.57 Å². The van der Waals surface area contributed by atoms with Crippen molar-refractivity contribution in [3.05, 3.63) is 96.4 Å². The number of ether oxygens (including phenoxy) is 4. The number of rotatable bonds is 8. The molecule has 2 aromatic heterocycles. The summed E-state index contributed by atoms with van der Waals surface area (Å²) in [6.45, 7) is 3.57. The van der Waals surface area contributed by atoms with Gasteiger partial charge in [-0.1, -0.05) is 23.5 Å². The molecule has 11 heteroatoms. The van der Waals surface area contributed by atoms with Crippen molar-refractivity contribution >= 4 is 23.4 Å². The van der Waals surface area contributed by atoms with Crippen LogP contribution in [0.15, 0.2) is 74.0 Å². The zero-order valence-corrected chi connectivity index (χ0v) is 24.4. The minimum atomic E-state index is -0.883. The van der Waals surface area contributed by atoms with Gasteiger partial charge in [0.05, 0.1) is 61.4 Å². The largest absolute Gasteiger partial charge is 0.493 e. The molecule has 10 nitrogen and oxygen atoms in total. The number of carbonyl (C=O) groups is 1. The maximum absolute atomic E-state index is 14.0. The second-order valence-corrected chi connectivity index (χ2v) is 10.1. The van der Waals surface area contributed by atoms with E-state index in [0.717, 1.165) is 0 Å². The van der Waals surface area contributed by atoms with Crippen LogP contribution in [0.2, 0.25) is 0 Å². The Morgan fingerprint density at radius 2 is 1.83 bits per heavy atom. The highest BCUT2D eigenvalue weighted by atomic mass is 32.1. The van der Waals surface area contributed by atoms with Crippen LogP contribution in [0, 0.1) is 11.3 Å². The summed E-state index contributed by atoms with van der Waals surface area (Å²) in [6.07, 6.45) is 1.62. The molecule has 5 rings (SSSR count). The molecular weight excluding hydrogens is 558 g/mol. The number of allylic oxidation sites excluding steroid dienone is 1. The Morgan fingerprint density at radius 1 is 1.12 bits per heavy atom. The maximum Gasteiger partial charge on any atom is 0.338 e. The summed E-state index contributed by atoms with van der Waals surface area (Å²) >= 11 is 1.17. The third-order valence-electron chi connectivity index (χ3n) is 6.73. The Labute approximate surface area is 245 Å². The van der Waals surface area contributed by atoms with Crippen LogP contribution >= 0.6 is 11.3 Å². The smallest absolute Gasteiger partial charge is 0.338 e. The molecule has 0 aliphatic carbocycles. The number of nitriles is 1. The van der Waals surface area contributed by atoms with Crippen molar-refractivity contribution in [2.24, 2.45) is 4.99 Å². The predicted octanol–water partition coefficient (Wildman–Crippen LogP) is 3.96. The molecule has 1 aliphatic rings. The van der Waals surface area contributed by atoms with Gasteiger partial charge in [-0.05, 0) is 55.8 Å². The highest BCUT2D eigenvalue weighted by Gasteiger charge is 2.34. The third kappa shape index (κ3) is 4.97. The molecule has 0 bridgehead atoms. The summed E-state index contributed by atoms with van der Waals surface area (Å²) in [6, 6.07) is 15.3. The topological polar surface area (TPSA) is 125 Å². The van der Waals surface area contributed by atoms with Crippen LogP contribution in [0.1, 0.15) is 36.8 Å². The van der Waals surface area contributed by atoms with E-state index in [2.05, 4.69) is 11.1 Å². The Bertz CT molecular complexity index is 1920. The Morgan fingerprint density at radius 3 is 2.48 bits per heavy atom. The van der Waals surface area contributed by atoms with E-state index in [4.69, 9.17) is 23.4 Å². The normalized spacial score (nSPS) is 14.6. The van der Waals surface area contributed by atoms with Crippen LogP contribution in [0.25, 0.3) is 17.4 Å². The van der Waals surface area contributed by atoms with Gasteiger partial charge >= 0.3 is 5.97 Å². The molecule has 0 N–H and O–H groups in total. The van der Waals surface area contributed by atoms with Gasteiger partial charge in [-0.3, -0.25) is 9.36 Å². The lowest BCUT2D eigenvalue weighted by Gasteiger charge is -2.26. The number of benzene rings is 2. The van der Waals surface area contributed by atoms with Crippen LogP contribution in [0.4, 0.5) is 0 Å². The van der Waals surface area contributed by atoms with E-state index in [9.17, 15) is 14.9 Å². The molecule has 0 unspecified atom stereocenters. The number of hydrogen-bond donors (Lipinski definition) is 0. The molecular formula is C31H27N3O7S. The number of fused-ring (bicyclic) bond motifs is 1. The first-order chi connectivity index (χ1) is 20.3. The SMILES string of the molecule is CCOC(=O)C1=C(C)N=c2s/c(=C\c3ccc(-c4ccccc4C#N)o3)c(=O)n2[C@@H]1c1cc(OC)c(OC)c(OC)c1. The van der Waals surface area contributed by atoms with E-state index in [-0.39, 0.29) is 17.7 Å². The lowest BCUT2D eigenvalue weighted by molar-refractivity contribution is -0.139. The first-order valence-electron chi connectivity index (χ1n) is 12.9.